The van der Waals surface area contributed by atoms with Crippen LogP contribution in [-0.4, -0.2) is 11.6 Å². The lowest BCUT2D eigenvalue weighted by Crippen LogP contribution is -2.38. The Morgan fingerprint density at radius 3 is 1.78 bits per heavy atom. The molecular formula is C38H31NO2. The van der Waals surface area contributed by atoms with Gasteiger partial charge in [-0.15, -0.1) is 0 Å². The van der Waals surface area contributed by atoms with Crippen LogP contribution < -0.4 is 4.90 Å². The topological polar surface area (TPSA) is 37.4 Å². The molecule has 0 spiro atoms. The minimum absolute atomic E-state index is 0.133. The first-order valence-electron chi connectivity index (χ1n) is 14.0. The molecule has 0 saturated heterocycles. The number of ketones is 2. The number of benzene rings is 4. The van der Waals surface area contributed by atoms with Crippen molar-refractivity contribution < 1.29 is 9.59 Å². The molecule has 7 rings (SSSR count). The van der Waals surface area contributed by atoms with Crippen LogP contribution in [0.1, 0.15) is 87.4 Å². The van der Waals surface area contributed by atoms with Crippen molar-refractivity contribution >= 4 is 46.9 Å². The molecule has 200 valence electrons. The van der Waals surface area contributed by atoms with E-state index < -0.39 is 0 Å². The van der Waals surface area contributed by atoms with Gasteiger partial charge in [-0.25, -0.2) is 0 Å². The van der Waals surface area contributed by atoms with Crippen LogP contribution in [0.15, 0.2) is 91.5 Å². The summed E-state index contributed by atoms with van der Waals surface area (Å²) in [5.74, 6) is -0.495. The molecule has 0 atom stereocenters. The fraction of sp³-hybridized carbons (Fsp3) is 0.158. The van der Waals surface area contributed by atoms with Crippen LogP contribution in [0, 0.1) is 0 Å². The lowest BCUT2D eigenvalue weighted by Gasteiger charge is -2.49. The van der Waals surface area contributed by atoms with E-state index >= 15 is 0 Å². The van der Waals surface area contributed by atoms with Gasteiger partial charge in [-0.2, -0.15) is 0 Å². The molecule has 4 aromatic carbocycles. The van der Waals surface area contributed by atoms with Gasteiger partial charge >= 0.3 is 0 Å². The van der Waals surface area contributed by atoms with E-state index in [1.165, 1.54) is 28.1 Å². The number of fused-ring (bicyclic) bond motifs is 5. The average molecular weight is 534 g/mol. The normalized spacial score (nSPS) is 16.9. The van der Waals surface area contributed by atoms with E-state index in [9.17, 15) is 9.59 Å². The van der Waals surface area contributed by atoms with E-state index in [0.29, 0.717) is 11.1 Å². The minimum atomic E-state index is -0.293. The molecule has 4 aromatic rings. The van der Waals surface area contributed by atoms with Crippen LogP contribution in [0.4, 0.5) is 17.1 Å². The number of allylic oxidation sites excluding steroid dienone is 1. The Kier molecular flexibility index (Phi) is 5.15. The third-order valence-corrected chi connectivity index (χ3v) is 9.31. The van der Waals surface area contributed by atoms with Crippen LogP contribution in [-0.2, 0) is 10.8 Å². The van der Waals surface area contributed by atoms with E-state index in [1.807, 2.05) is 6.07 Å². The molecule has 3 aliphatic rings. The molecule has 0 saturated carbocycles. The smallest absolute Gasteiger partial charge is 0.197 e. The Morgan fingerprint density at radius 1 is 0.634 bits per heavy atom. The number of carbonyl (C=O) groups excluding carboxylic acids is 2. The van der Waals surface area contributed by atoms with Crippen LogP contribution in [0.3, 0.4) is 0 Å². The van der Waals surface area contributed by atoms with Gasteiger partial charge in [0.25, 0.3) is 0 Å². The van der Waals surface area contributed by atoms with Crippen molar-refractivity contribution in [3.05, 3.63) is 142 Å². The van der Waals surface area contributed by atoms with E-state index in [2.05, 4.69) is 100 Å². The lowest BCUT2D eigenvalue weighted by molar-refractivity contribution is 0.0990. The lowest BCUT2D eigenvalue weighted by atomic mass is 9.66. The summed E-state index contributed by atoms with van der Waals surface area (Å²) in [5.41, 5.74) is 11.6. The Hall–Kier alpha value is -4.76. The largest absolute Gasteiger partial charge is 0.309 e. The van der Waals surface area contributed by atoms with Crippen molar-refractivity contribution in [2.24, 2.45) is 0 Å². The second-order valence-corrected chi connectivity index (χ2v) is 12.2. The highest BCUT2D eigenvalue weighted by Crippen LogP contribution is 2.59. The van der Waals surface area contributed by atoms with Crippen LogP contribution in [0.5, 0.6) is 0 Å². The molecule has 0 bridgehead atoms. The number of hydrogen-bond acceptors (Lipinski definition) is 3. The monoisotopic (exact) mass is 533 g/mol. The van der Waals surface area contributed by atoms with Crippen LogP contribution in [0.2, 0.25) is 0 Å². The number of para-hydroxylation sites is 2. The zero-order valence-corrected chi connectivity index (χ0v) is 23.8. The quantitative estimate of drug-likeness (QED) is 0.195. The third-order valence-electron chi connectivity index (χ3n) is 9.31. The first-order valence-corrected chi connectivity index (χ1v) is 14.0. The molecule has 0 unspecified atom stereocenters. The maximum atomic E-state index is 13.4. The Morgan fingerprint density at radius 2 is 1.17 bits per heavy atom. The van der Waals surface area contributed by atoms with Gasteiger partial charge in [0.05, 0.1) is 22.6 Å². The fourth-order valence-corrected chi connectivity index (χ4v) is 7.04. The van der Waals surface area contributed by atoms with E-state index in [4.69, 9.17) is 0 Å². The van der Waals surface area contributed by atoms with Crippen molar-refractivity contribution in [2.75, 3.05) is 4.90 Å². The predicted molar refractivity (Wildman–Crippen MR) is 169 cm³/mol. The highest BCUT2D eigenvalue weighted by atomic mass is 16.2. The molecular weight excluding hydrogens is 502 g/mol. The SMILES string of the molecule is C=Cc1cc2c(cc1C=C)C(=O)C(=Cc1ccc3c(c1)C(C)(C)c1cccc4c1N3c1ccccc1C4(C)C)C2=O. The molecule has 3 heteroatoms. The third kappa shape index (κ3) is 3.26. The minimum Gasteiger partial charge on any atom is -0.309 e. The molecule has 0 N–H and O–H groups in total. The number of Topliss-reactive ketones (excluding diaryl/α,β-unsaturated/α-hetero) is 2. The first kappa shape index (κ1) is 25.2. The van der Waals surface area contributed by atoms with Crippen LogP contribution in [0.25, 0.3) is 18.2 Å². The summed E-state index contributed by atoms with van der Waals surface area (Å²) in [4.78, 5) is 29.3. The number of nitrogens with zero attached hydrogens (tertiary/aromatic N) is 1. The standard InChI is InChI=1S/C38H31NO2/c1-7-23-20-25-26(21-24(23)8-2)36(41)27(35(25)40)18-22-16-17-33-31(19-22)38(5,6)30-14-11-13-29-34(30)39(33)32-15-10-9-12-28(32)37(29,3)4/h7-21H,1-2H2,3-6H3. The zero-order valence-electron chi connectivity index (χ0n) is 23.8. The molecule has 0 aromatic heterocycles. The number of rotatable bonds is 3. The summed E-state index contributed by atoms with van der Waals surface area (Å²) in [6.45, 7) is 16.8. The number of hydrogen-bond donors (Lipinski definition) is 0. The second kappa shape index (κ2) is 8.37. The number of carbonyl (C=O) groups is 2. The van der Waals surface area contributed by atoms with E-state index in [1.54, 1.807) is 30.4 Å². The summed E-state index contributed by atoms with van der Waals surface area (Å²) < 4.78 is 0. The molecule has 3 nitrogen and oxygen atoms in total. The Labute approximate surface area is 241 Å². The highest BCUT2D eigenvalue weighted by molar-refractivity contribution is 6.41. The molecule has 2 heterocycles. The van der Waals surface area contributed by atoms with Crippen molar-refractivity contribution in [3.8, 4) is 0 Å². The van der Waals surface area contributed by atoms with Gasteiger partial charge in [-0.3, -0.25) is 9.59 Å². The summed E-state index contributed by atoms with van der Waals surface area (Å²) in [6, 6.07) is 25.1. The van der Waals surface area contributed by atoms with Gasteiger partial charge < -0.3 is 4.90 Å². The Bertz CT molecular complexity index is 1870. The Balaban J connectivity index is 1.40. The predicted octanol–water partition coefficient (Wildman–Crippen LogP) is 9.18. The van der Waals surface area contributed by atoms with Gasteiger partial charge in [0.15, 0.2) is 11.6 Å². The maximum Gasteiger partial charge on any atom is 0.197 e. The molecule has 1 aliphatic carbocycles. The van der Waals surface area contributed by atoms with Crippen LogP contribution >= 0.6 is 0 Å². The van der Waals surface area contributed by atoms with Gasteiger partial charge in [0, 0.05) is 22.0 Å². The van der Waals surface area contributed by atoms with Gasteiger partial charge in [-0.1, -0.05) is 95.5 Å². The zero-order chi connectivity index (χ0) is 28.8. The van der Waals surface area contributed by atoms with Gasteiger partial charge in [0.2, 0.25) is 0 Å². The summed E-state index contributed by atoms with van der Waals surface area (Å²) in [5, 5.41) is 0. The van der Waals surface area contributed by atoms with Gasteiger partial charge in [-0.05, 0) is 75.4 Å². The van der Waals surface area contributed by atoms with E-state index in [0.717, 1.165) is 27.9 Å². The fourth-order valence-electron chi connectivity index (χ4n) is 7.04. The molecule has 0 fully saturated rings. The average Bonchev–Trinajstić information content (AvgIpc) is 3.20. The molecule has 41 heavy (non-hydrogen) atoms. The molecule has 0 amide bonds. The number of anilines is 3. The van der Waals surface area contributed by atoms with E-state index in [-0.39, 0.29) is 28.0 Å². The summed E-state index contributed by atoms with van der Waals surface area (Å²) in [6.07, 6.45) is 5.12. The molecule has 2 aliphatic heterocycles. The summed E-state index contributed by atoms with van der Waals surface area (Å²) in [7, 11) is 0. The van der Waals surface area contributed by atoms with Crippen molar-refractivity contribution in [2.45, 2.75) is 38.5 Å². The van der Waals surface area contributed by atoms with Crippen molar-refractivity contribution in [3.63, 3.8) is 0 Å². The molecule has 0 radical (unpaired) electrons. The van der Waals surface area contributed by atoms with Crippen molar-refractivity contribution in [1.29, 1.82) is 0 Å². The first-order chi connectivity index (χ1) is 19.6. The maximum absolute atomic E-state index is 13.4. The van der Waals surface area contributed by atoms with Gasteiger partial charge in [0.1, 0.15) is 0 Å². The highest BCUT2D eigenvalue weighted by Gasteiger charge is 2.45. The van der Waals surface area contributed by atoms with Crippen molar-refractivity contribution in [1.82, 2.24) is 0 Å². The second-order valence-electron chi connectivity index (χ2n) is 12.2. The summed E-state index contributed by atoms with van der Waals surface area (Å²) >= 11 is 0.